The minimum atomic E-state index is -0.387. The Morgan fingerprint density at radius 1 is 1.38 bits per heavy atom. The van der Waals surface area contributed by atoms with Crippen molar-refractivity contribution < 1.29 is 9.59 Å². The van der Waals surface area contributed by atoms with Crippen LogP contribution in [-0.2, 0) is 16.1 Å². The highest BCUT2D eigenvalue weighted by Gasteiger charge is 2.44. The second-order valence-electron chi connectivity index (χ2n) is 6.60. The lowest BCUT2D eigenvalue weighted by molar-refractivity contribution is -0.137. The number of nitrogens with one attached hydrogen (secondary N) is 1. The number of fused-ring (bicyclic) bond motifs is 1. The zero-order chi connectivity index (χ0) is 14.6. The van der Waals surface area contributed by atoms with E-state index < -0.39 is 0 Å². The molecular weight excluding hydrogens is 268 g/mol. The molecule has 3 atom stereocenters. The standard InChI is InChI=1S/C15H20N4O2/c1-9-6-12(9)15(21)18-7-11-4-5-16-19(11)13(8-18)14(20)17-10-2-3-10/h4-5,9-10,12-13H,2-3,6-8H2,1H3,(H,17,20)/t9-,12+,13-/m1/s1. The van der Waals surface area contributed by atoms with E-state index >= 15 is 0 Å². The Bertz CT molecular complexity index is 592. The van der Waals surface area contributed by atoms with Crippen LogP contribution < -0.4 is 5.32 Å². The molecule has 2 heterocycles. The number of hydrogen-bond donors (Lipinski definition) is 1. The molecule has 21 heavy (non-hydrogen) atoms. The lowest BCUT2D eigenvalue weighted by Gasteiger charge is -2.33. The molecule has 3 aliphatic rings. The predicted octanol–water partition coefficient (Wildman–Crippen LogP) is 0.701. The van der Waals surface area contributed by atoms with Gasteiger partial charge in [0, 0.05) is 18.2 Å². The number of rotatable bonds is 3. The van der Waals surface area contributed by atoms with Gasteiger partial charge in [0.2, 0.25) is 11.8 Å². The van der Waals surface area contributed by atoms with E-state index in [1.54, 1.807) is 10.9 Å². The van der Waals surface area contributed by atoms with Crippen molar-refractivity contribution in [2.24, 2.45) is 11.8 Å². The van der Waals surface area contributed by atoms with Crippen LogP contribution in [0.15, 0.2) is 12.3 Å². The van der Waals surface area contributed by atoms with Crippen LogP contribution in [0.5, 0.6) is 0 Å². The van der Waals surface area contributed by atoms with Crippen LogP contribution in [0.4, 0.5) is 0 Å². The minimum absolute atomic E-state index is 0.0104. The van der Waals surface area contributed by atoms with Crippen molar-refractivity contribution in [1.29, 1.82) is 0 Å². The molecule has 0 saturated heterocycles. The van der Waals surface area contributed by atoms with Crippen molar-refractivity contribution in [3.05, 3.63) is 18.0 Å². The van der Waals surface area contributed by atoms with E-state index in [1.165, 1.54) is 0 Å². The predicted molar refractivity (Wildman–Crippen MR) is 75.1 cm³/mol. The van der Waals surface area contributed by atoms with E-state index in [0.717, 1.165) is 25.0 Å². The van der Waals surface area contributed by atoms with Crippen LogP contribution >= 0.6 is 0 Å². The van der Waals surface area contributed by atoms with E-state index in [2.05, 4.69) is 17.3 Å². The summed E-state index contributed by atoms with van der Waals surface area (Å²) in [6.45, 7) is 3.11. The summed E-state index contributed by atoms with van der Waals surface area (Å²) in [5.41, 5.74) is 0.943. The molecule has 2 aliphatic carbocycles. The molecule has 0 aromatic carbocycles. The van der Waals surface area contributed by atoms with Crippen LogP contribution in [0.25, 0.3) is 0 Å². The fourth-order valence-corrected chi connectivity index (χ4v) is 3.08. The van der Waals surface area contributed by atoms with Gasteiger partial charge in [0.15, 0.2) is 0 Å². The smallest absolute Gasteiger partial charge is 0.246 e. The normalized spacial score (nSPS) is 30.7. The van der Waals surface area contributed by atoms with Crippen molar-refractivity contribution in [3.63, 3.8) is 0 Å². The average molecular weight is 288 g/mol. The summed E-state index contributed by atoms with van der Waals surface area (Å²) < 4.78 is 1.78. The summed E-state index contributed by atoms with van der Waals surface area (Å²) in [6, 6.07) is 1.83. The topological polar surface area (TPSA) is 67.2 Å². The van der Waals surface area contributed by atoms with Crippen LogP contribution in [0.3, 0.4) is 0 Å². The van der Waals surface area contributed by atoms with Gasteiger partial charge >= 0.3 is 0 Å². The van der Waals surface area contributed by atoms with Gasteiger partial charge in [0.05, 0.1) is 18.8 Å². The Morgan fingerprint density at radius 3 is 2.81 bits per heavy atom. The molecule has 0 spiro atoms. The van der Waals surface area contributed by atoms with Crippen LogP contribution in [0.2, 0.25) is 0 Å². The maximum Gasteiger partial charge on any atom is 0.246 e. The minimum Gasteiger partial charge on any atom is -0.351 e. The molecule has 1 N–H and O–H groups in total. The summed E-state index contributed by atoms with van der Waals surface area (Å²) in [7, 11) is 0. The molecule has 1 aliphatic heterocycles. The summed E-state index contributed by atoms with van der Waals surface area (Å²) >= 11 is 0. The van der Waals surface area contributed by atoms with Crippen molar-refractivity contribution >= 4 is 11.8 Å². The second kappa shape index (κ2) is 4.58. The van der Waals surface area contributed by atoms with Gasteiger partial charge in [-0.3, -0.25) is 14.3 Å². The van der Waals surface area contributed by atoms with Gasteiger partial charge in [-0.2, -0.15) is 5.10 Å². The van der Waals surface area contributed by atoms with Crippen molar-refractivity contribution in [3.8, 4) is 0 Å². The molecule has 112 valence electrons. The van der Waals surface area contributed by atoms with Crippen molar-refractivity contribution in [2.75, 3.05) is 6.54 Å². The molecule has 2 fully saturated rings. The molecule has 1 aromatic rings. The summed E-state index contributed by atoms with van der Waals surface area (Å²) in [5.74, 6) is 0.831. The van der Waals surface area contributed by atoms with E-state index in [1.807, 2.05) is 11.0 Å². The van der Waals surface area contributed by atoms with E-state index in [4.69, 9.17) is 0 Å². The first-order valence-electron chi connectivity index (χ1n) is 7.75. The molecule has 2 saturated carbocycles. The first-order valence-corrected chi connectivity index (χ1v) is 7.75. The largest absolute Gasteiger partial charge is 0.351 e. The molecule has 4 rings (SSSR count). The number of aromatic nitrogens is 2. The maximum absolute atomic E-state index is 12.5. The number of carbonyl (C=O) groups excluding carboxylic acids is 2. The number of hydrogen-bond acceptors (Lipinski definition) is 3. The summed E-state index contributed by atoms with van der Waals surface area (Å²) in [4.78, 5) is 26.7. The summed E-state index contributed by atoms with van der Waals surface area (Å²) in [5, 5.41) is 7.30. The van der Waals surface area contributed by atoms with Gasteiger partial charge in [-0.25, -0.2) is 0 Å². The molecule has 0 bridgehead atoms. The van der Waals surface area contributed by atoms with E-state index in [9.17, 15) is 9.59 Å². The zero-order valence-electron chi connectivity index (χ0n) is 12.2. The summed E-state index contributed by atoms with van der Waals surface area (Å²) in [6.07, 6.45) is 4.81. The Hall–Kier alpha value is -1.85. The second-order valence-corrected chi connectivity index (χ2v) is 6.60. The molecule has 1 aromatic heterocycles. The average Bonchev–Trinajstić information content (AvgIpc) is 3.37. The van der Waals surface area contributed by atoms with E-state index in [0.29, 0.717) is 25.0 Å². The highest BCUT2D eigenvalue weighted by molar-refractivity contribution is 5.85. The third-order valence-electron chi connectivity index (χ3n) is 4.76. The quantitative estimate of drug-likeness (QED) is 0.890. The molecular formula is C15H20N4O2. The highest BCUT2D eigenvalue weighted by Crippen LogP contribution is 2.40. The third kappa shape index (κ3) is 2.32. The molecule has 2 amide bonds. The number of nitrogens with zero attached hydrogens (tertiary/aromatic N) is 3. The van der Waals surface area contributed by atoms with Crippen molar-refractivity contribution in [1.82, 2.24) is 20.0 Å². The van der Waals surface area contributed by atoms with Crippen LogP contribution in [0.1, 0.15) is 37.9 Å². The number of amides is 2. The lowest BCUT2D eigenvalue weighted by Crippen LogP contribution is -2.48. The highest BCUT2D eigenvalue weighted by atomic mass is 16.2. The van der Waals surface area contributed by atoms with E-state index in [-0.39, 0.29) is 23.8 Å². The fraction of sp³-hybridized carbons (Fsp3) is 0.667. The molecule has 6 heteroatoms. The van der Waals surface area contributed by atoms with Crippen LogP contribution in [-0.4, -0.2) is 39.1 Å². The first kappa shape index (κ1) is 12.9. The van der Waals surface area contributed by atoms with Gasteiger partial charge < -0.3 is 10.2 Å². The SMILES string of the molecule is C[C@@H]1C[C@@H]1C(=O)N1Cc2ccnn2[C@@H](C(=O)NC2CC2)C1. The van der Waals surface area contributed by atoms with Crippen LogP contribution in [0, 0.1) is 11.8 Å². The molecule has 0 radical (unpaired) electrons. The Kier molecular flexibility index (Phi) is 2.80. The van der Waals surface area contributed by atoms with Gasteiger partial charge in [-0.15, -0.1) is 0 Å². The van der Waals surface area contributed by atoms with Crippen molar-refractivity contribution in [2.45, 2.75) is 44.8 Å². The molecule has 0 unspecified atom stereocenters. The van der Waals surface area contributed by atoms with Gasteiger partial charge in [-0.1, -0.05) is 6.92 Å². The first-order chi connectivity index (χ1) is 10.1. The lowest BCUT2D eigenvalue weighted by atomic mass is 10.1. The maximum atomic E-state index is 12.5. The fourth-order valence-electron chi connectivity index (χ4n) is 3.08. The Labute approximate surface area is 123 Å². The Morgan fingerprint density at radius 2 is 2.14 bits per heavy atom. The third-order valence-corrected chi connectivity index (χ3v) is 4.76. The van der Waals surface area contributed by atoms with Gasteiger partial charge in [0.25, 0.3) is 0 Å². The number of carbonyl (C=O) groups is 2. The Balaban J connectivity index is 1.54. The zero-order valence-corrected chi connectivity index (χ0v) is 12.2. The van der Waals surface area contributed by atoms with Gasteiger partial charge in [-0.05, 0) is 31.2 Å². The monoisotopic (exact) mass is 288 g/mol. The molecule has 6 nitrogen and oxygen atoms in total. The van der Waals surface area contributed by atoms with Gasteiger partial charge in [0.1, 0.15) is 6.04 Å².